The number of ether oxygens (including phenoxy) is 2. The van der Waals surface area contributed by atoms with Crippen LogP contribution in [0.2, 0.25) is 0 Å². The molecule has 4 N–H and O–H groups in total. The maximum Gasteiger partial charge on any atom is 0.362 e. The molecule has 0 fully saturated rings. The van der Waals surface area contributed by atoms with Gasteiger partial charge in [0.05, 0.1) is 29.1 Å². The van der Waals surface area contributed by atoms with Crippen LogP contribution in [0.5, 0.6) is 5.88 Å². The average molecular weight is 397 g/mol. The molecule has 144 valence electrons. The summed E-state index contributed by atoms with van der Waals surface area (Å²) >= 11 is 0.756. The normalized spacial score (nSPS) is 10.3. The van der Waals surface area contributed by atoms with Crippen LogP contribution in [0.4, 0.5) is 10.7 Å². The number of rotatable bonds is 7. The maximum atomic E-state index is 12.5. The molecule has 0 atom stereocenters. The van der Waals surface area contributed by atoms with E-state index < -0.39 is 34.1 Å². The smallest absolute Gasteiger partial charge is 0.362 e. The minimum Gasteiger partial charge on any atom is -0.475 e. The molecule has 0 saturated heterocycles. The molecule has 2 rings (SSSR count). The Morgan fingerprint density at radius 2 is 2.07 bits per heavy atom. The van der Waals surface area contributed by atoms with Crippen molar-refractivity contribution in [3.63, 3.8) is 0 Å². The molecule has 0 aliphatic rings. The summed E-state index contributed by atoms with van der Waals surface area (Å²) < 4.78 is 9.67. The van der Waals surface area contributed by atoms with Gasteiger partial charge in [0.15, 0.2) is 0 Å². The highest BCUT2D eigenvalue weighted by molar-refractivity contribution is 7.18. The van der Waals surface area contributed by atoms with Crippen LogP contribution in [0.1, 0.15) is 43.0 Å². The number of hydrogen-bond acceptors (Lipinski definition) is 9. The van der Waals surface area contributed by atoms with Crippen molar-refractivity contribution in [2.75, 3.05) is 19.0 Å². The molecule has 0 unspecified atom stereocenters. The number of esters is 1. The topological polar surface area (TPSA) is 180 Å². The highest BCUT2D eigenvalue weighted by Gasteiger charge is 2.32. The number of methoxy groups -OCH3 is 1. The molecule has 2 heterocycles. The number of aromatic amines is 1. The molecule has 0 radical (unpaired) electrons. The number of thiophene rings is 1. The molecule has 2 aromatic heterocycles. The Morgan fingerprint density at radius 3 is 2.59 bits per heavy atom. The van der Waals surface area contributed by atoms with Gasteiger partial charge in [0.25, 0.3) is 11.8 Å². The number of aromatic nitrogens is 2. The van der Waals surface area contributed by atoms with Crippen molar-refractivity contribution in [3.05, 3.63) is 31.8 Å². The van der Waals surface area contributed by atoms with Gasteiger partial charge in [-0.15, -0.1) is 16.4 Å². The molecule has 0 aliphatic heterocycles. The predicted octanol–water partition coefficient (Wildman–Crippen LogP) is 1.22. The molecule has 13 heteroatoms. The zero-order valence-corrected chi connectivity index (χ0v) is 15.3. The van der Waals surface area contributed by atoms with Crippen molar-refractivity contribution < 1.29 is 28.8 Å². The minimum atomic E-state index is -0.958. The van der Waals surface area contributed by atoms with Gasteiger partial charge in [-0.2, -0.15) is 0 Å². The fraction of sp³-hybridized carbons (Fsp3) is 0.286. The molecular weight excluding hydrogens is 382 g/mol. The molecule has 0 aliphatic carbocycles. The van der Waals surface area contributed by atoms with Crippen molar-refractivity contribution in [1.29, 1.82) is 0 Å². The third-order valence-electron chi connectivity index (χ3n) is 3.39. The Balaban J connectivity index is 2.48. The van der Waals surface area contributed by atoms with Crippen LogP contribution in [0.15, 0.2) is 0 Å². The van der Waals surface area contributed by atoms with Crippen LogP contribution in [-0.4, -0.2) is 46.6 Å². The van der Waals surface area contributed by atoms with Crippen molar-refractivity contribution in [2.45, 2.75) is 13.8 Å². The van der Waals surface area contributed by atoms with E-state index in [-0.39, 0.29) is 33.5 Å². The third kappa shape index (κ3) is 3.72. The largest absolute Gasteiger partial charge is 0.475 e. The highest BCUT2D eigenvalue weighted by Crippen LogP contribution is 2.35. The molecule has 0 bridgehead atoms. The molecule has 2 aromatic rings. The summed E-state index contributed by atoms with van der Waals surface area (Å²) in [4.78, 5) is 46.6. The SMILES string of the molecule is CCOC(=O)c1c(NC(=O)c2[nH]nc(OC)c2[N+](=O)[O-])sc(C(N)=O)c1C. The zero-order chi connectivity index (χ0) is 20.3. The standard InChI is InChI=1S/C14H15N5O7S/c1-4-26-14(22)6-5(2)9(10(15)20)27-13(6)16-11(21)7-8(19(23)24)12(25-3)18-17-7/h4H2,1-3H3,(H2,15,20)(H,16,21)(H,17,18). The first-order valence-electron chi connectivity index (χ1n) is 7.41. The number of nitrogens with two attached hydrogens (primary N) is 1. The van der Waals surface area contributed by atoms with Gasteiger partial charge >= 0.3 is 17.5 Å². The van der Waals surface area contributed by atoms with Gasteiger partial charge in [0.2, 0.25) is 5.69 Å². The Labute approximate surface area is 155 Å². The van der Waals surface area contributed by atoms with E-state index in [9.17, 15) is 24.5 Å². The van der Waals surface area contributed by atoms with Crippen LogP contribution >= 0.6 is 11.3 Å². The lowest BCUT2D eigenvalue weighted by Crippen LogP contribution is -2.16. The quantitative estimate of drug-likeness (QED) is 0.354. The van der Waals surface area contributed by atoms with Crippen molar-refractivity contribution in [1.82, 2.24) is 10.2 Å². The summed E-state index contributed by atoms with van der Waals surface area (Å²) in [5.41, 5.74) is 4.30. The summed E-state index contributed by atoms with van der Waals surface area (Å²) in [7, 11) is 1.16. The van der Waals surface area contributed by atoms with Crippen LogP contribution in [0.3, 0.4) is 0 Å². The van der Waals surface area contributed by atoms with Gasteiger partial charge in [0.1, 0.15) is 5.00 Å². The fourth-order valence-electron chi connectivity index (χ4n) is 2.24. The second-order valence-corrected chi connectivity index (χ2v) is 6.03. The van der Waals surface area contributed by atoms with Gasteiger partial charge in [-0.3, -0.25) is 24.8 Å². The lowest BCUT2D eigenvalue weighted by atomic mass is 10.1. The zero-order valence-electron chi connectivity index (χ0n) is 14.4. The number of carbonyl (C=O) groups excluding carboxylic acids is 3. The van der Waals surface area contributed by atoms with Gasteiger partial charge in [-0.25, -0.2) is 4.79 Å². The lowest BCUT2D eigenvalue weighted by Gasteiger charge is -2.06. The number of H-pyrrole nitrogens is 1. The van der Waals surface area contributed by atoms with E-state index in [0.717, 1.165) is 18.4 Å². The number of nitrogens with one attached hydrogen (secondary N) is 2. The number of primary amides is 1. The van der Waals surface area contributed by atoms with Crippen molar-refractivity contribution in [3.8, 4) is 5.88 Å². The van der Waals surface area contributed by atoms with Gasteiger partial charge in [-0.05, 0) is 19.4 Å². The number of nitrogens with zero attached hydrogens (tertiary/aromatic N) is 2. The van der Waals surface area contributed by atoms with E-state index in [4.69, 9.17) is 15.2 Å². The van der Waals surface area contributed by atoms with Crippen LogP contribution in [0.25, 0.3) is 0 Å². The maximum absolute atomic E-state index is 12.5. The molecule has 2 amide bonds. The van der Waals surface area contributed by atoms with Crippen LogP contribution in [-0.2, 0) is 4.74 Å². The monoisotopic (exact) mass is 397 g/mol. The average Bonchev–Trinajstić information content (AvgIpc) is 3.16. The van der Waals surface area contributed by atoms with E-state index in [2.05, 4.69) is 15.5 Å². The van der Waals surface area contributed by atoms with Gasteiger partial charge < -0.3 is 20.5 Å². The van der Waals surface area contributed by atoms with Crippen molar-refractivity contribution >= 4 is 39.8 Å². The molecule has 27 heavy (non-hydrogen) atoms. The number of amides is 2. The molecular formula is C14H15N5O7S. The number of carbonyl (C=O) groups is 3. The highest BCUT2D eigenvalue weighted by atomic mass is 32.1. The molecule has 0 saturated carbocycles. The number of nitro groups is 1. The summed E-state index contributed by atoms with van der Waals surface area (Å²) in [6.07, 6.45) is 0. The number of anilines is 1. The third-order valence-corrected chi connectivity index (χ3v) is 4.61. The molecule has 0 aromatic carbocycles. The molecule has 0 spiro atoms. The minimum absolute atomic E-state index is 0.0346. The first-order chi connectivity index (χ1) is 12.7. The van der Waals surface area contributed by atoms with E-state index >= 15 is 0 Å². The van der Waals surface area contributed by atoms with E-state index in [1.165, 1.54) is 6.92 Å². The Bertz CT molecular complexity index is 933. The fourth-order valence-corrected chi connectivity index (χ4v) is 3.28. The van der Waals surface area contributed by atoms with Gasteiger partial charge in [0, 0.05) is 0 Å². The summed E-state index contributed by atoms with van der Waals surface area (Å²) in [6.45, 7) is 3.13. The summed E-state index contributed by atoms with van der Waals surface area (Å²) in [6, 6.07) is 0. The van der Waals surface area contributed by atoms with E-state index in [0.29, 0.717) is 0 Å². The van der Waals surface area contributed by atoms with Crippen LogP contribution < -0.4 is 15.8 Å². The first kappa shape index (κ1) is 19.8. The predicted molar refractivity (Wildman–Crippen MR) is 93.3 cm³/mol. The van der Waals surface area contributed by atoms with Gasteiger partial charge in [-0.1, -0.05) is 0 Å². The summed E-state index contributed by atoms with van der Waals surface area (Å²) in [5.74, 6) is -2.90. The first-order valence-corrected chi connectivity index (χ1v) is 8.22. The van der Waals surface area contributed by atoms with E-state index in [1.54, 1.807) is 6.92 Å². The Kier molecular flexibility index (Phi) is 5.75. The number of hydrogen-bond donors (Lipinski definition) is 3. The lowest BCUT2D eigenvalue weighted by molar-refractivity contribution is -0.386. The second kappa shape index (κ2) is 7.82. The Hall–Kier alpha value is -3.48. The van der Waals surface area contributed by atoms with Crippen molar-refractivity contribution in [2.24, 2.45) is 5.73 Å². The van der Waals surface area contributed by atoms with Crippen LogP contribution in [0, 0.1) is 17.0 Å². The summed E-state index contributed by atoms with van der Waals surface area (Å²) in [5, 5.41) is 19.3. The van der Waals surface area contributed by atoms with E-state index in [1.807, 2.05) is 0 Å². The Morgan fingerprint density at radius 1 is 1.41 bits per heavy atom. The molecule has 12 nitrogen and oxygen atoms in total. The second-order valence-electron chi connectivity index (χ2n) is 5.01.